The first kappa shape index (κ1) is 19.5. The van der Waals surface area contributed by atoms with E-state index in [1.54, 1.807) is 4.90 Å². The maximum Gasteiger partial charge on any atom is 0.229 e. The summed E-state index contributed by atoms with van der Waals surface area (Å²) in [5, 5.41) is 2.97. The third-order valence-corrected chi connectivity index (χ3v) is 5.59. The lowest BCUT2D eigenvalue weighted by molar-refractivity contribution is -0.128. The SMILES string of the molecule is Cc1ccc(CN2CC(C(=O)Nc3ccc(N4CCOCC4)cc3)CC2=O)cc1. The van der Waals surface area contributed by atoms with E-state index in [0.717, 1.165) is 43.2 Å². The Morgan fingerprint density at radius 2 is 1.76 bits per heavy atom. The number of morpholine rings is 1. The Morgan fingerprint density at radius 1 is 1.07 bits per heavy atom. The number of likely N-dealkylation sites (tertiary alicyclic amines) is 1. The molecule has 0 aromatic heterocycles. The predicted octanol–water partition coefficient (Wildman–Crippen LogP) is 2.82. The molecule has 6 nitrogen and oxygen atoms in total. The van der Waals surface area contributed by atoms with Gasteiger partial charge in [0.25, 0.3) is 0 Å². The van der Waals surface area contributed by atoms with E-state index in [1.165, 1.54) is 5.56 Å². The summed E-state index contributed by atoms with van der Waals surface area (Å²) in [6.07, 6.45) is 0.267. The molecule has 0 bridgehead atoms. The van der Waals surface area contributed by atoms with Gasteiger partial charge in [0.2, 0.25) is 11.8 Å². The average Bonchev–Trinajstić information content (AvgIpc) is 3.11. The van der Waals surface area contributed by atoms with Crippen molar-refractivity contribution in [2.24, 2.45) is 5.92 Å². The first-order chi connectivity index (χ1) is 14.1. The highest BCUT2D eigenvalue weighted by molar-refractivity contribution is 5.97. The van der Waals surface area contributed by atoms with E-state index in [1.807, 2.05) is 55.5 Å². The second-order valence-electron chi connectivity index (χ2n) is 7.80. The number of hydrogen-bond acceptors (Lipinski definition) is 4. The molecule has 2 heterocycles. The molecule has 0 spiro atoms. The van der Waals surface area contributed by atoms with Crippen molar-refractivity contribution in [3.05, 3.63) is 59.7 Å². The summed E-state index contributed by atoms with van der Waals surface area (Å²) in [6, 6.07) is 16.0. The maximum atomic E-state index is 12.7. The zero-order chi connectivity index (χ0) is 20.2. The highest BCUT2D eigenvalue weighted by Gasteiger charge is 2.34. The summed E-state index contributed by atoms with van der Waals surface area (Å²) in [7, 11) is 0. The quantitative estimate of drug-likeness (QED) is 0.849. The topological polar surface area (TPSA) is 61.9 Å². The van der Waals surface area contributed by atoms with E-state index in [2.05, 4.69) is 10.2 Å². The molecule has 1 atom stereocenters. The summed E-state index contributed by atoms with van der Waals surface area (Å²) in [4.78, 5) is 29.1. The van der Waals surface area contributed by atoms with Crippen LogP contribution < -0.4 is 10.2 Å². The summed E-state index contributed by atoms with van der Waals surface area (Å²) in [5.41, 5.74) is 4.17. The van der Waals surface area contributed by atoms with Gasteiger partial charge in [0.1, 0.15) is 0 Å². The van der Waals surface area contributed by atoms with E-state index in [9.17, 15) is 9.59 Å². The van der Waals surface area contributed by atoms with Crippen molar-refractivity contribution in [3.8, 4) is 0 Å². The molecule has 6 heteroatoms. The first-order valence-electron chi connectivity index (χ1n) is 10.2. The molecule has 0 saturated carbocycles. The van der Waals surface area contributed by atoms with Gasteiger partial charge in [0.05, 0.1) is 19.1 Å². The molecule has 152 valence electrons. The number of benzene rings is 2. The summed E-state index contributed by atoms with van der Waals surface area (Å²) in [5.74, 6) is -0.371. The van der Waals surface area contributed by atoms with E-state index >= 15 is 0 Å². The van der Waals surface area contributed by atoms with Gasteiger partial charge in [-0.3, -0.25) is 9.59 Å². The molecule has 2 saturated heterocycles. The lowest BCUT2D eigenvalue weighted by atomic mass is 10.1. The normalized spacial score (nSPS) is 19.5. The van der Waals surface area contributed by atoms with Crippen molar-refractivity contribution in [3.63, 3.8) is 0 Å². The lowest BCUT2D eigenvalue weighted by Crippen LogP contribution is -2.36. The van der Waals surface area contributed by atoms with Gasteiger partial charge in [-0.2, -0.15) is 0 Å². The number of carbonyl (C=O) groups excluding carboxylic acids is 2. The molecule has 1 unspecified atom stereocenters. The van der Waals surface area contributed by atoms with Gasteiger partial charge in [-0.15, -0.1) is 0 Å². The molecule has 2 fully saturated rings. The fraction of sp³-hybridized carbons (Fsp3) is 0.391. The Bertz CT molecular complexity index is 858. The lowest BCUT2D eigenvalue weighted by Gasteiger charge is -2.28. The smallest absolute Gasteiger partial charge is 0.229 e. The number of ether oxygens (including phenoxy) is 1. The molecule has 4 rings (SSSR count). The van der Waals surface area contributed by atoms with E-state index < -0.39 is 0 Å². The number of hydrogen-bond donors (Lipinski definition) is 1. The first-order valence-corrected chi connectivity index (χ1v) is 10.2. The summed E-state index contributed by atoms with van der Waals surface area (Å²) < 4.78 is 5.38. The van der Waals surface area contributed by atoms with Crippen LogP contribution in [0.5, 0.6) is 0 Å². The minimum absolute atomic E-state index is 0.0355. The van der Waals surface area contributed by atoms with Gasteiger partial charge >= 0.3 is 0 Å². The van der Waals surface area contributed by atoms with E-state index in [4.69, 9.17) is 4.74 Å². The van der Waals surface area contributed by atoms with Crippen molar-refractivity contribution in [2.45, 2.75) is 19.9 Å². The van der Waals surface area contributed by atoms with Gasteiger partial charge in [-0.25, -0.2) is 0 Å². The molecule has 29 heavy (non-hydrogen) atoms. The van der Waals surface area contributed by atoms with Crippen LogP contribution in [0.1, 0.15) is 17.5 Å². The van der Waals surface area contributed by atoms with Crippen molar-refractivity contribution in [1.29, 1.82) is 0 Å². The number of aryl methyl sites for hydroxylation is 1. The van der Waals surface area contributed by atoms with Crippen LogP contribution in [0.2, 0.25) is 0 Å². The van der Waals surface area contributed by atoms with Crippen LogP contribution in [0, 0.1) is 12.8 Å². The van der Waals surface area contributed by atoms with Gasteiger partial charge < -0.3 is 19.9 Å². The van der Waals surface area contributed by atoms with Crippen LogP contribution in [0.3, 0.4) is 0 Å². The molecule has 2 aliphatic heterocycles. The Hall–Kier alpha value is -2.86. The fourth-order valence-corrected chi connectivity index (χ4v) is 3.84. The highest BCUT2D eigenvalue weighted by Crippen LogP contribution is 2.23. The Balaban J connectivity index is 1.32. The monoisotopic (exact) mass is 393 g/mol. The fourth-order valence-electron chi connectivity index (χ4n) is 3.84. The molecule has 0 radical (unpaired) electrons. The number of nitrogens with zero attached hydrogens (tertiary/aromatic N) is 2. The van der Waals surface area contributed by atoms with Gasteiger partial charge in [0, 0.05) is 44.0 Å². The maximum absolute atomic E-state index is 12.7. The second-order valence-corrected chi connectivity index (χ2v) is 7.80. The molecule has 2 aromatic carbocycles. The summed E-state index contributed by atoms with van der Waals surface area (Å²) in [6.45, 7) is 6.31. The van der Waals surface area contributed by atoms with Crippen molar-refractivity contribution < 1.29 is 14.3 Å². The minimum Gasteiger partial charge on any atom is -0.378 e. The number of carbonyl (C=O) groups is 2. The molecule has 2 aromatic rings. The molecular weight excluding hydrogens is 366 g/mol. The molecule has 2 amide bonds. The number of amides is 2. The Labute approximate surface area is 171 Å². The Morgan fingerprint density at radius 3 is 2.45 bits per heavy atom. The Kier molecular flexibility index (Phi) is 5.81. The molecule has 0 aliphatic carbocycles. The van der Waals surface area contributed by atoms with Crippen LogP contribution in [-0.2, 0) is 20.9 Å². The number of nitrogens with one attached hydrogen (secondary N) is 1. The van der Waals surface area contributed by atoms with E-state index in [-0.39, 0.29) is 24.2 Å². The number of anilines is 2. The van der Waals surface area contributed by atoms with Gasteiger partial charge in [0.15, 0.2) is 0 Å². The minimum atomic E-state index is -0.313. The van der Waals surface area contributed by atoms with Crippen LogP contribution >= 0.6 is 0 Å². The third kappa shape index (κ3) is 4.77. The predicted molar refractivity (Wildman–Crippen MR) is 113 cm³/mol. The van der Waals surface area contributed by atoms with Crippen LogP contribution in [-0.4, -0.2) is 49.6 Å². The van der Waals surface area contributed by atoms with Crippen molar-refractivity contribution in [1.82, 2.24) is 4.90 Å². The highest BCUT2D eigenvalue weighted by atomic mass is 16.5. The average molecular weight is 393 g/mol. The molecule has 2 aliphatic rings. The van der Waals surface area contributed by atoms with Crippen LogP contribution in [0.25, 0.3) is 0 Å². The second kappa shape index (κ2) is 8.66. The molecule has 1 N–H and O–H groups in total. The summed E-state index contributed by atoms with van der Waals surface area (Å²) >= 11 is 0. The van der Waals surface area contributed by atoms with Crippen molar-refractivity contribution >= 4 is 23.2 Å². The van der Waals surface area contributed by atoms with E-state index in [0.29, 0.717) is 13.1 Å². The zero-order valence-electron chi connectivity index (χ0n) is 16.8. The van der Waals surface area contributed by atoms with Crippen molar-refractivity contribution in [2.75, 3.05) is 43.1 Å². The third-order valence-electron chi connectivity index (χ3n) is 5.59. The van der Waals surface area contributed by atoms with Crippen LogP contribution in [0.4, 0.5) is 11.4 Å². The van der Waals surface area contributed by atoms with Gasteiger partial charge in [-0.05, 0) is 36.8 Å². The van der Waals surface area contributed by atoms with Gasteiger partial charge in [-0.1, -0.05) is 29.8 Å². The zero-order valence-corrected chi connectivity index (χ0v) is 16.8. The largest absolute Gasteiger partial charge is 0.378 e. The molecular formula is C23H27N3O3. The number of rotatable bonds is 5. The standard InChI is InChI=1S/C23H27N3O3/c1-17-2-4-18(5-3-17)15-26-16-19(14-22(26)27)23(28)24-20-6-8-21(9-7-20)25-10-12-29-13-11-25/h2-9,19H,10-16H2,1H3,(H,24,28). The van der Waals surface area contributed by atoms with Crippen LogP contribution in [0.15, 0.2) is 48.5 Å².